The summed E-state index contributed by atoms with van der Waals surface area (Å²) in [5, 5.41) is 0. The Morgan fingerprint density at radius 1 is 1.12 bits per heavy atom. The SMILES string of the molecule is COc1cc(F)cc(N2CCc3nc(-c4ncccn4)ncc3[C@H]2C)c1. The van der Waals surface area contributed by atoms with Crippen LogP contribution in [-0.4, -0.2) is 33.6 Å². The summed E-state index contributed by atoms with van der Waals surface area (Å²) in [5.74, 6) is 1.23. The van der Waals surface area contributed by atoms with Gasteiger partial charge in [0.1, 0.15) is 11.6 Å². The van der Waals surface area contributed by atoms with Crippen molar-refractivity contribution in [2.75, 3.05) is 18.6 Å². The highest BCUT2D eigenvalue weighted by molar-refractivity contribution is 5.55. The van der Waals surface area contributed by atoms with Gasteiger partial charge >= 0.3 is 0 Å². The van der Waals surface area contributed by atoms with E-state index in [0.717, 1.165) is 29.9 Å². The van der Waals surface area contributed by atoms with Crippen molar-refractivity contribution < 1.29 is 9.13 Å². The number of benzene rings is 1. The fourth-order valence-corrected chi connectivity index (χ4v) is 3.27. The molecule has 0 saturated carbocycles. The van der Waals surface area contributed by atoms with Crippen LogP contribution in [0.15, 0.2) is 42.9 Å². The Morgan fingerprint density at radius 2 is 1.92 bits per heavy atom. The lowest BCUT2D eigenvalue weighted by molar-refractivity contribution is 0.411. The summed E-state index contributed by atoms with van der Waals surface area (Å²) in [6.45, 7) is 2.80. The molecule has 7 heteroatoms. The van der Waals surface area contributed by atoms with Gasteiger partial charge in [-0.05, 0) is 19.1 Å². The van der Waals surface area contributed by atoms with E-state index in [4.69, 9.17) is 4.74 Å². The van der Waals surface area contributed by atoms with Crippen LogP contribution in [0.2, 0.25) is 0 Å². The van der Waals surface area contributed by atoms with Gasteiger partial charge in [0, 0.05) is 54.9 Å². The van der Waals surface area contributed by atoms with Gasteiger partial charge in [-0.3, -0.25) is 0 Å². The van der Waals surface area contributed by atoms with Crippen LogP contribution in [0.4, 0.5) is 10.1 Å². The average molecular weight is 351 g/mol. The van der Waals surface area contributed by atoms with Crippen LogP contribution >= 0.6 is 0 Å². The van der Waals surface area contributed by atoms with Crippen molar-refractivity contribution >= 4 is 5.69 Å². The number of aromatic nitrogens is 4. The zero-order valence-corrected chi connectivity index (χ0v) is 14.6. The lowest BCUT2D eigenvalue weighted by Gasteiger charge is -2.36. The van der Waals surface area contributed by atoms with E-state index in [1.54, 1.807) is 18.5 Å². The normalized spacial score (nSPS) is 16.3. The second-order valence-corrected chi connectivity index (χ2v) is 6.14. The van der Waals surface area contributed by atoms with Gasteiger partial charge in [0.2, 0.25) is 0 Å². The highest BCUT2D eigenvalue weighted by Crippen LogP contribution is 2.34. The van der Waals surface area contributed by atoms with Crippen molar-refractivity contribution in [2.45, 2.75) is 19.4 Å². The Hall–Kier alpha value is -3.09. The summed E-state index contributed by atoms with van der Waals surface area (Å²) >= 11 is 0. The first kappa shape index (κ1) is 16.4. The number of hydrogen-bond donors (Lipinski definition) is 0. The van der Waals surface area contributed by atoms with E-state index in [1.165, 1.54) is 19.2 Å². The van der Waals surface area contributed by atoms with E-state index in [2.05, 4.69) is 31.8 Å². The molecular weight excluding hydrogens is 333 g/mol. The van der Waals surface area contributed by atoms with Crippen LogP contribution in [0.3, 0.4) is 0 Å². The molecule has 0 spiro atoms. The van der Waals surface area contributed by atoms with Crippen molar-refractivity contribution in [2.24, 2.45) is 0 Å². The molecule has 3 aromatic rings. The summed E-state index contributed by atoms with van der Waals surface area (Å²) in [5.41, 5.74) is 2.80. The maximum absolute atomic E-state index is 13.9. The van der Waals surface area contributed by atoms with Crippen LogP contribution in [0.5, 0.6) is 5.75 Å². The minimum Gasteiger partial charge on any atom is -0.497 e. The molecule has 1 aliphatic rings. The van der Waals surface area contributed by atoms with Gasteiger partial charge in [0.25, 0.3) is 0 Å². The Bertz CT molecular complexity index is 934. The minimum absolute atomic E-state index is 0.0241. The van der Waals surface area contributed by atoms with Gasteiger partial charge in [-0.25, -0.2) is 24.3 Å². The van der Waals surface area contributed by atoms with Gasteiger partial charge in [-0.1, -0.05) is 0 Å². The predicted molar refractivity (Wildman–Crippen MR) is 95.5 cm³/mol. The largest absolute Gasteiger partial charge is 0.497 e. The first-order chi connectivity index (χ1) is 12.7. The van der Waals surface area contributed by atoms with Crippen LogP contribution in [0.25, 0.3) is 11.6 Å². The third kappa shape index (κ3) is 2.96. The zero-order chi connectivity index (χ0) is 18.1. The first-order valence-corrected chi connectivity index (χ1v) is 8.40. The topological polar surface area (TPSA) is 64.0 Å². The number of ether oxygens (including phenoxy) is 1. The molecule has 0 saturated heterocycles. The number of hydrogen-bond acceptors (Lipinski definition) is 6. The molecule has 0 N–H and O–H groups in total. The second-order valence-electron chi connectivity index (χ2n) is 6.14. The predicted octanol–water partition coefficient (Wildman–Crippen LogP) is 3.21. The van der Waals surface area contributed by atoms with Crippen molar-refractivity contribution in [1.29, 1.82) is 0 Å². The first-order valence-electron chi connectivity index (χ1n) is 8.40. The third-order valence-electron chi connectivity index (χ3n) is 4.60. The van der Waals surface area contributed by atoms with Crippen LogP contribution in [0.1, 0.15) is 24.2 Å². The monoisotopic (exact) mass is 351 g/mol. The number of rotatable bonds is 3. The maximum atomic E-state index is 13.9. The molecule has 0 bridgehead atoms. The van der Waals surface area contributed by atoms with Crippen molar-refractivity contribution in [3.63, 3.8) is 0 Å². The van der Waals surface area contributed by atoms with Crippen LogP contribution in [0, 0.1) is 5.82 Å². The molecule has 6 nitrogen and oxygen atoms in total. The van der Waals surface area contributed by atoms with Crippen LogP contribution in [-0.2, 0) is 6.42 Å². The molecule has 132 valence electrons. The molecule has 0 aliphatic carbocycles. The lowest BCUT2D eigenvalue weighted by Crippen LogP contribution is -2.34. The summed E-state index contributed by atoms with van der Waals surface area (Å²) in [6.07, 6.45) is 5.90. The van der Waals surface area contributed by atoms with Gasteiger partial charge in [0.05, 0.1) is 18.8 Å². The third-order valence-corrected chi connectivity index (χ3v) is 4.60. The Balaban J connectivity index is 1.67. The van der Waals surface area contributed by atoms with E-state index >= 15 is 0 Å². The highest BCUT2D eigenvalue weighted by atomic mass is 19.1. The molecular formula is C19H18FN5O. The van der Waals surface area contributed by atoms with E-state index in [0.29, 0.717) is 17.4 Å². The molecule has 1 atom stereocenters. The molecule has 4 rings (SSSR count). The van der Waals surface area contributed by atoms with E-state index in [9.17, 15) is 4.39 Å². The Kier molecular flexibility index (Phi) is 4.20. The van der Waals surface area contributed by atoms with Gasteiger partial charge in [0.15, 0.2) is 11.6 Å². The van der Waals surface area contributed by atoms with E-state index in [1.807, 2.05) is 12.3 Å². The quantitative estimate of drug-likeness (QED) is 0.722. The van der Waals surface area contributed by atoms with Gasteiger partial charge < -0.3 is 9.64 Å². The maximum Gasteiger partial charge on any atom is 0.197 e. The second kappa shape index (κ2) is 6.67. The summed E-state index contributed by atoms with van der Waals surface area (Å²) in [6, 6.07) is 6.53. The number of anilines is 1. The zero-order valence-electron chi connectivity index (χ0n) is 14.6. The highest BCUT2D eigenvalue weighted by Gasteiger charge is 2.27. The number of methoxy groups -OCH3 is 1. The molecule has 1 aliphatic heterocycles. The van der Waals surface area contributed by atoms with E-state index in [-0.39, 0.29) is 11.9 Å². The Labute approximate surface area is 150 Å². The summed E-state index contributed by atoms with van der Waals surface area (Å²) in [4.78, 5) is 19.6. The van der Waals surface area contributed by atoms with Gasteiger partial charge in [-0.2, -0.15) is 0 Å². The standard InChI is InChI=1S/C19H18FN5O/c1-12-16-11-23-19(18-21-5-3-6-22-18)24-17(16)4-7-25(12)14-8-13(20)9-15(10-14)26-2/h3,5-6,8-12H,4,7H2,1-2H3/t12-/m1/s1. The Morgan fingerprint density at radius 3 is 2.69 bits per heavy atom. The summed E-state index contributed by atoms with van der Waals surface area (Å²) < 4.78 is 19.1. The fraction of sp³-hybridized carbons (Fsp3) is 0.263. The van der Waals surface area contributed by atoms with Gasteiger partial charge in [-0.15, -0.1) is 0 Å². The smallest absolute Gasteiger partial charge is 0.197 e. The number of nitrogens with zero attached hydrogens (tertiary/aromatic N) is 5. The molecule has 1 aromatic carbocycles. The van der Waals surface area contributed by atoms with Crippen molar-refractivity contribution in [1.82, 2.24) is 19.9 Å². The average Bonchev–Trinajstić information content (AvgIpc) is 2.68. The molecule has 0 amide bonds. The fourth-order valence-electron chi connectivity index (χ4n) is 3.27. The molecule has 0 unspecified atom stereocenters. The number of halogens is 1. The molecule has 0 fully saturated rings. The van der Waals surface area contributed by atoms with Crippen molar-refractivity contribution in [3.05, 3.63) is 59.9 Å². The summed E-state index contributed by atoms with van der Waals surface area (Å²) in [7, 11) is 1.54. The van der Waals surface area contributed by atoms with Crippen LogP contribution < -0.4 is 9.64 Å². The number of fused-ring (bicyclic) bond motifs is 1. The minimum atomic E-state index is -0.315. The molecule has 26 heavy (non-hydrogen) atoms. The molecule has 2 aromatic heterocycles. The molecule has 0 radical (unpaired) electrons. The lowest BCUT2D eigenvalue weighted by atomic mass is 9.98. The molecule has 3 heterocycles. The van der Waals surface area contributed by atoms with E-state index < -0.39 is 0 Å². The van der Waals surface area contributed by atoms with Crippen molar-refractivity contribution in [3.8, 4) is 17.4 Å².